The Bertz CT molecular complexity index is 1140. The molecule has 0 spiro atoms. The van der Waals surface area contributed by atoms with Crippen molar-refractivity contribution in [2.45, 2.75) is 30.7 Å². The lowest BCUT2D eigenvalue weighted by molar-refractivity contribution is 0.674. The van der Waals surface area contributed by atoms with Gasteiger partial charge in [-0.1, -0.05) is 6.07 Å². The molecule has 1 N–H and O–H groups in total. The van der Waals surface area contributed by atoms with E-state index in [2.05, 4.69) is 69.4 Å². The zero-order valence-corrected chi connectivity index (χ0v) is 16.3. The summed E-state index contributed by atoms with van der Waals surface area (Å²) in [5.74, 6) is 2.04. The summed E-state index contributed by atoms with van der Waals surface area (Å²) in [6, 6.07) is 13.0. The van der Waals surface area contributed by atoms with Crippen LogP contribution in [0.5, 0.6) is 0 Å². The molecule has 1 unspecified atom stereocenters. The molecule has 136 valence electrons. The minimum absolute atomic E-state index is 0.216. The smallest absolute Gasteiger partial charge is 0.140 e. The van der Waals surface area contributed by atoms with Gasteiger partial charge in [-0.3, -0.25) is 0 Å². The standard InChI is InChI=1S/C21H21N5S/c1-13-5-7-17-18(10-13)25-20(24-17)19-4-3-9-26(19)21-15-11-14(27-2)6-8-16(15)22-12-23-21/h5-8,10-12,19H,3-4,9H2,1-2H3,(H,24,25). The highest BCUT2D eigenvalue weighted by Crippen LogP contribution is 2.38. The monoisotopic (exact) mass is 375 g/mol. The van der Waals surface area contributed by atoms with Crippen molar-refractivity contribution in [3.05, 3.63) is 54.1 Å². The third-order valence-electron chi connectivity index (χ3n) is 5.32. The van der Waals surface area contributed by atoms with E-state index >= 15 is 0 Å². The number of rotatable bonds is 3. The SMILES string of the molecule is CSc1ccc2ncnc(N3CCCC3c3nc4ccc(C)cc4[nH]3)c2c1. The Kier molecular flexibility index (Phi) is 4.01. The average Bonchev–Trinajstić information content (AvgIpc) is 3.33. The van der Waals surface area contributed by atoms with Crippen LogP contribution in [0.25, 0.3) is 21.9 Å². The van der Waals surface area contributed by atoms with Crippen molar-refractivity contribution in [3.63, 3.8) is 0 Å². The fourth-order valence-electron chi connectivity index (χ4n) is 3.98. The van der Waals surface area contributed by atoms with Crippen molar-refractivity contribution in [2.75, 3.05) is 17.7 Å². The van der Waals surface area contributed by atoms with E-state index in [4.69, 9.17) is 4.98 Å². The second kappa shape index (κ2) is 6.53. The highest BCUT2D eigenvalue weighted by atomic mass is 32.2. The molecule has 0 amide bonds. The molecule has 5 nitrogen and oxygen atoms in total. The largest absolute Gasteiger partial charge is 0.346 e. The number of nitrogens with zero attached hydrogens (tertiary/aromatic N) is 4. The first kappa shape index (κ1) is 16.6. The van der Waals surface area contributed by atoms with Crippen LogP contribution in [0.15, 0.2) is 47.6 Å². The minimum atomic E-state index is 0.216. The fourth-order valence-corrected chi connectivity index (χ4v) is 4.42. The molecule has 1 saturated heterocycles. The van der Waals surface area contributed by atoms with E-state index in [9.17, 15) is 0 Å². The third kappa shape index (κ3) is 2.84. The third-order valence-corrected chi connectivity index (χ3v) is 6.04. The molecule has 1 fully saturated rings. The van der Waals surface area contributed by atoms with Crippen molar-refractivity contribution in [3.8, 4) is 0 Å². The van der Waals surface area contributed by atoms with Crippen molar-refractivity contribution in [2.24, 2.45) is 0 Å². The predicted molar refractivity (Wildman–Crippen MR) is 111 cm³/mol. The zero-order chi connectivity index (χ0) is 18.4. The molecule has 2 aromatic heterocycles. The first-order valence-electron chi connectivity index (χ1n) is 9.24. The van der Waals surface area contributed by atoms with Gasteiger partial charge in [-0.25, -0.2) is 15.0 Å². The van der Waals surface area contributed by atoms with Crippen molar-refractivity contribution < 1.29 is 0 Å². The number of H-pyrrole nitrogens is 1. The number of aryl methyl sites for hydroxylation is 1. The van der Waals surface area contributed by atoms with Gasteiger partial charge in [-0.2, -0.15) is 0 Å². The van der Waals surface area contributed by atoms with Crippen LogP contribution in [-0.2, 0) is 0 Å². The van der Waals surface area contributed by atoms with E-state index in [0.717, 1.165) is 53.0 Å². The highest BCUT2D eigenvalue weighted by Gasteiger charge is 2.30. The maximum atomic E-state index is 4.88. The van der Waals surface area contributed by atoms with Crippen LogP contribution < -0.4 is 4.90 Å². The normalized spacial score (nSPS) is 17.3. The summed E-state index contributed by atoms with van der Waals surface area (Å²) in [7, 11) is 0. The number of benzene rings is 2. The summed E-state index contributed by atoms with van der Waals surface area (Å²) in [4.78, 5) is 21.2. The molecule has 4 aromatic rings. The Morgan fingerprint density at radius 2 is 2.00 bits per heavy atom. The van der Waals surface area contributed by atoms with Gasteiger partial charge in [0.25, 0.3) is 0 Å². The van der Waals surface area contributed by atoms with Gasteiger partial charge >= 0.3 is 0 Å². The van der Waals surface area contributed by atoms with Gasteiger partial charge in [0.05, 0.1) is 22.6 Å². The molecule has 1 atom stereocenters. The number of nitrogens with one attached hydrogen (secondary N) is 1. The number of anilines is 1. The lowest BCUT2D eigenvalue weighted by atomic mass is 10.2. The molecule has 5 rings (SSSR count). The maximum Gasteiger partial charge on any atom is 0.140 e. The summed E-state index contributed by atoms with van der Waals surface area (Å²) in [5, 5.41) is 1.11. The molecule has 0 aliphatic carbocycles. The molecule has 6 heteroatoms. The molecular weight excluding hydrogens is 354 g/mol. The van der Waals surface area contributed by atoms with Crippen LogP contribution in [0.1, 0.15) is 30.3 Å². The van der Waals surface area contributed by atoms with Gasteiger partial charge in [-0.15, -0.1) is 11.8 Å². The number of fused-ring (bicyclic) bond motifs is 2. The Morgan fingerprint density at radius 1 is 1.11 bits per heavy atom. The lowest BCUT2D eigenvalue weighted by Gasteiger charge is -2.25. The molecule has 1 aliphatic rings. The number of imidazole rings is 1. The topological polar surface area (TPSA) is 57.7 Å². The summed E-state index contributed by atoms with van der Waals surface area (Å²) >= 11 is 1.74. The molecule has 0 radical (unpaired) electrons. The quantitative estimate of drug-likeness (QED) is 0.517. The van der Waals surface area contributed by atoms with Crippen LogP contribution >= 0.6 is 11.8 Å². The van der Waals surface area contributed by atoms with E-state index < -0.39 is 0 Å². The van der Waals surface area contributed by atoms with E-state index in [1.807, 2.05) is 0 Å². The van der Waals surface area contributed by atoms with Crippen LogP contribution in [0.2, 0.25) is 0 Å². The van der Waals surface area contributed by atoms with E-state index in [0.29, 0.717) is 0 Å². The highest BCUT2D eigenvalue weighted by molar-refractivity contribution is 7.98. The van der Waals surface area contributed by atoms with Crippen LogP contribution in [0, 0.1) is 6.92 Å². The van der Waals surface area contributed by atoms with Gasteiger partial charge in [-0.05, 0) is 61.9 Å². The lowest BCUT2D eigenvalue weighted by Crippen LogP contribution is -2.24. The van der Waals surface area contributed by atoms with Gasteiger partial charge < -0.3 is 9.88 Å². The van der Waals surface area contributed by atoms with Crippen molar-refractivity contribution in [1.82, 2.24) is 19.9 Å². The van der Waals surface area contributed by atoms with Gasteiger partial charge in [0.1, 0.15) is 18.0 Å². The van der Waals surface area contributed by atoms with Gasteiger partial charge in [0, 0.05) is 16.8 Å². The van der Waals surface area contributed by atoms with Crippen molar-refractivity contribution in [1.29, 1.82) is 0 Å². The second-order valence-electron chi connectivity index (χ2n) is 7.07. The molecule has 27 heavy (non-hydrogen) atoms. The fraction of sp³-hybridized carbons (Fsp3) is 0.286. The van der Waals surface area contributed by atoms with E-state index in [-0.39, 0.29) is 6.04 Å². The molecule has 0 bridgehead atoms. The maximum absolute atomic E-state index is 4.88. The van der Waals surface area contributed by atoms with E-state index in [1.54, 1.807) is 18.1 Å². The summed E-state index contributed by atoms with van der Waals surface area (Å²) in [6.45, 7) is 3.09. The summed E-state index contributed by atoms with van der Waals surface area (Å²) in [6.07, 6.45) is 5.98. The first-order chi connectivity index (χ1) is 13.2. The first-order valence-corrected chi connectivity index (χ1v) is 10.5. The Hall–Kier alpha value is -2.60. The number of aromatic amines is 1. The van der Waals surface area contributed by atoms with E-state index in [1.165, 1.54) is 10.5 Å². The number of hydrogen-bond acceptors (Lipinski definition) is 5. The number of aromatic nitrogens is 4. The Labute approximate surface area is 162 Å². The number of thioether (sulfide) groups is 1. The zero-order valence-electron chi connectivity index (χ0n) is 15.4. The average molecular weight is 376 g/mol. The minimum Gasteiger partial charge on any atom is -0.346 e. The molecule has 3 heterocycles. The second-order valence-corrected chi connectivity index (χ2v) is 7.95. The van der Waals surface area contributed by atoms with Crippen molar-refractivity contribution >= 4 is 39.5 Å². The van der Waals surface area contributed by atoms with Crippen LogP contribution in [0.4, 0.5) is 5.82 Å². The molecule has 1 aliphatic heterocycles. The summed E-state index contributed by atoms with van der Waals surface area (Å²) < 4.78 is 0. The molecule has 0 saturated carbocycles. The Morgan fingerprint density at radius 3 is 2.89 bits per heavy atom. The Balaban J connectivity index is 1.60. The summed E-state index contributed by atoms with van der Waals surface area (Å²) in [5.41, 5.74) is 4.37. The molecule has 2 aromatic carbocycles. The van der Waals surface area contributed by atoms with Gasteiger partial charge in [0.2, 0.25) is 0 Å². The number of hydrogen-bond donors (Lipinski definition) is 1. The molecular formula is C21H21N5S. The predicted octanol–water partition coefficient (Wildman–Crippen LogP) is 4.88. The van der Waals surface area contributed by atoms with Crippen LogP contribution in [-0.4, -0.2) is 32.7 Å². The van der Waals surface area contributed by atoms with Crippen LogP contribution in [0.3, 0.4) is 0 Å². The van der Waals surface area contributed by atoms with Gasteiger partial charge in [0.15, 0.2) is 0 Å².